The van der Waals surface area contributed by atoms with Crippen LogP contribution in [-0.2, 0) is 6.54 Å². The van der Waals surface area contributed by atoms with Crippen LogP contribution in [0.4, 0.5) is 0 Å². The molecule has 0 aliphatic carbocycles. The third kappa shape index (κ3) is 5.06. The highest BCUT2D eigenvalue weighted by molar-refractivity contribution is 5.37. The number of hydrogen-bond donors (Lipinski definition) is 1. The molecular weight excluding hydrogens is 246 g/mol. The topological polar surface area (TPSA) is 21.3 Å². The first-order valence-corrected chi connectivity index (χ1v) is 6.90. The number of nitrogens with one attached hydrogen (secondary N) is 1. The fraction of sp³-hybridized carbons (Fsp3) is 0.333. The molecule has 0 aliphatic heterocycles. The highest BCUT2D eigenvalue weighted by Gasteiger charge is 2.02. The summed E-state index contributed by atoms with van der Waals surface area (Å²) in [6.45, 7) is 11.9. The van der Waals surface area contributed by atoms with Gasteiger partial charge in [-0.15, -0.1) is 0 Å². The van der Waals surface area contributed by atoms with Crippen LogP contribution in [0, 0.1) is 0 Å². The Morgan fingerprint density at radius 2 is 1.90 bits per heavy atom. The third-order valence-corrected chi connectivity index (χ3v) is 3.20. The van der Waals surface area contributed by atoms with Crippen molar-refractivity contribution in [3.8, 4) is 5.75 Å². The summed E-state index contributed by atoms with van der Waals surface area (Å²) < 4.78 is 5.15. The first kappa shape index (κ1) is 16.3. The Morgan fingerprint density at radius 3 is 2.40 bits per heavy atom. The lowest BCUT2D eigenvalue weighted by Crippen LogP contribution is -2.17. The standard InChI is InChI=1S/C18H25NO/c1-6-7-15(4)18(14(2)3)13-19-12-16-8-10-17(20-5)11-9-16/h6-11,19H,2,12-13H2,1,3-5H3/b7-6-,18-15+. The highest BCUT2D eigenvalue weighted by atomic mass is 16.5. The molecule has 0 heterocycles. The number of ether oxygens (including phenoxy) is 1. The van der Waals surface area contributed by atoms with Crippen LogP contribution >= 0.6 is 0 Å². The van der Waals surface area contributed by atoms with Gasteiger partial charge in [0.05, 0.1) is 7.11 Å². The van der Waals surface area contributed by atoms with Gasteiger partial charge in [-0.05, 0) is 49.6 Å². The molecule has 1 aromatic rings. The second kappa shape index (κ2) is 8.39. The van der Waals surface area contributed by atoms with Gasteiger partial charge in [0.15, 0.2) is 0 Å². The van der Waals surface area contributed by atoms with E-state index in [1.165, 1.54) is 16.7 Å². The van der Waals surface area contributed by atoms with Gasteiger partial charge in [-0.1, -0.05) is 36.4 Å². The highest BCUT2D eigenvalue weighted by Crippen LogP contribution is 2.14. The van der Waals surface area contributed by atoms with Crippen LogP contribution in [-0.4, -0.2) is 13.7 Å². The summed E-state index contributed by atoms with van der Waals surface area (Å²) in [6.07, 6.45) is 4.18. The Kier molecular flexibility index (Phi) is 6.82. The molecular formula is C18H25NO. The minimum Gasteiger partial charge on any atom is -0.497 e. The van der Waals surface area contributed by atoms with E-state index in [1.54, 1.807) is 7.11 Å². The lowest BCUT2D eigenvalue weighted by atomic mass is 10.0. The first-order chi connectivity index (χ1) is 9.58. The molecule has 2 nitrogen and oxygen atoms in total. The molecule has 0 saturated heterocycles. The van der Waals surface area contributed by atoms with Crippen LogP contribution in [0.5, 0.6) is 5.75 Å². The molecule has 0 aromatic heterocycles. The van der Waals surface area contributed by atoms with E-state index in [-0.39, 0.29) is 0 Å². The maximum absolute atomic E-state index is 5.15. The number of hydrogen-bond acceptors (Lipinski definition) is 2. The fourth-order valence-electron chi connectivity index (χ4n) is 2.05. The van der Waals surface area contributed by atoms with Crippen LogP contribution in [0.3, 0.4) is 0 Å². The minimum atomic E-state index is 0.831. The van der Waals surface area contributed by atoms with Crippen molar-refractivity contribution in [2.45, 2.75) is 27.3 Å². The Balaban J connectivity index is 2.60. The van der Waals surface area contributed by atoms with E-state index in [0.717, 1.165) is 24.4 Å². The smallest absolute Gasteiger partial charge is 0.118 e. The minimum absolute atomic E-state index is 0.831. The maximum Gasteiger partial charge on any atom is 0.118 e. The van der Waals surface area contributed by atoms with Crippen molar-refractivity contribution in [2.75, 3.05) is 13.7 Å². The zero-order valence-corrected chi connectivity index (χ0v) is 13.0. The zero-order valence-electron chi connectivity index (χ0n) is 13.0. The van der Waals surface area contributed by atoms with Gasteiger partial charge in [-0.3, -0.25) is 0 Å². The summed E-state index contributed by atoms with van der Waals surface area (Å²) in [7, 11) is 1.68. The van der Waals surface area contributed by atoms with Gasteiger partial charge in [0.1, 0.15) is 5.75 Å². The molecule has 0 spiro atoms. The summed E-state index contributed by atoms with van der Waals surface area (Å²) in [6, 6.07) is 8.12. The van der Waals surface area contributed by atoms with Gasteiger partial charge in [-0.2, -0.15) is 0 Å². The third-order valence-electron chi connectivity index (χ3n) is 3.20. The Morgan fingerprint density at radius 1 is 1.25 bits per heavy atom. The van der Waals surface area contributed by atoms with E-state index >= 15 is 0 Å². The molecule has 0 saturated carbocycles. The quantitative estimate of drug-likeness (QED) is 0.748. The molecule has 1 N–H and O–H groups in total. The molecule has 20 heavy (non-hydrogen) atoms. The molecule has 0 atom stereocenters. The molecule has 0 amide bonds. The van der Waals surface area contributed by atoms with Gasteiger partial charge < -0.3 is 10.1 Å². The van der Waals surface area contributed by atoms with Crippen LogP contribution < -0.4 is 10.1 Å². The molecule has 0 aliphatic rings. The molecule has 0 fully saturated rings. The largest absolute Gasteiger partial charge is 0.497 e. The van der Waals surface area contributed by atoms with E-state index in [2.05, 4.69) is 50.0 Å². The normalized spacial score (nSPS) is 12.4. The van der Waals surface area contributed by atoms with Gasteiger partial charge in [0.25, 0.3) is 0 Å². The number of rotatable bonds is 7. The van der Waals surface area contributed by atoms with E-state index in [1.807, 2.05) is 19.1 Å². The summed E-state index contributed by atoms with van der Waals surface area (Å²) >= 11 is 0. The second-order valence-electron chi connectivity index (χ2n) is 4.89. The van der Waals surface area contributed by atoms with Crippen molar-refractivity contribution in [1.29, 1.82) is 0 Å². The first-order valence-electron chi connectivity index (χ1n) is 6.90. The zero-order chi connectivity index (χ0) is 15.0. The summed E-state index contributed by atoms with van der Waals surface area (Å²) in [5.74, 6) is 0.889. The Labute approximate surface area is 122 Å². The molecule has 0 radical (unpaired) electrons. The Hall–Kier alpha value is -1.80. The van der Waals surface area contributed by atoms with Crippen LogP contribution in [0.25, 0.3) is 0 Å². The summed E-state index contributed by atoms with van der Waals surface area (Å²) in [5, 5.41) is 3.47. The van der Waals surface area contributed by atoms with E-state index < -0.39 is 0 Å². The van der Waals surface area contributed by atoms with Crippen molar-refractivity contribution in [2.24, 2.45) is 0 Å². The van der Waals surface area contributed by atoms with Crippen molar-refractivity contribution in [3.63, 3.8) is 0 Å². The van der Waals surface area contributed by atoms with Crippen LogP contribution in [0.2, 0.25) is 0 Å². The van der Waals surface area contributed by atoms with Crippen LogP contribution in [0.15, 0.2) is 59.7 Å². The predicted molar refractivity (Wildman–Crippen MR) is 87.0 cm³/mol. The lowest BCUT2D eigenvalue weighted by Gasteiger charge is -2.12. The van der Waals surface area contributed by atoms with E-state index in [9.17, 15) is 0 Å². The summed E-state index contributed by atoms with van der Waals surface area (Å²) in [4.78, 5) is 0. The molecule has 0 bridgehead atoms. The molecule has 1 aromatic carbocycles. The molecule has 2 heteroatoms. The van der Waals surface area contributed by atoms with Crippen molar-refractivity contribution >= 4 is 0 Å². The van der Waals surface area contributed by atoms with Gasteiger partial charge in [0, 0.05) is 13.1 Å². The number of benzene rings is 1. The Bertz CT molecular complexity index is 495. The monoisotopic (exact) mass is 271 g/mol. The molecule has 108 valence electrons. The van der Waals surface area contributed by atoms with Crippen molar-refractivity contribution in [1.82, 2.24) is 5.32 Å². The SMILES string of the molecule is C=C(C)/C(CNCc1ccc(OC)cc1)=C(C)/C=C\C. The second-order valence-corrected chi connectivity index (χ2v) is 4.89. The van der Waals surface area contributed by atoms with Gasteiger partial charge in [0.2, 0.25) is 0 Å². The van der Waals surface area contributed by atoms with Crippen molar-refractivity contribution < 1.29 is 4.74 Å². The fourth-order valence-corrected chi connectivity index (χ4v) is 2.05. The molecule has 1 rings (SSSR count). The van der Waals surface area contributed by atoms with E-state index in [4.69, 9.17) is 4.74 Å². The van der Waals surface area contributed by atoms with Crippen molar-refractivity contribution in [3.05, 3.63) is 65.3 Å². The van der Waals surface area contributed by atoms with Gasteiger partial charge in [-0.25, -0.2) is 0 Å². The van der Waals surface area contributed by atoms with E-state index in [0.29, 0.717) is 0 Å². The average molecular weight is 271 g/mol. The predicted octanol–water partition coefficient (Wildman–Crippen LogP) is 4.25. The molecule has 0 unspecified atom stereocenters. The average Bonchev–Trinajstić information content (AvgIpc) is 2.44. The number of allylic oxidation sites excluding steroid dienone is 3. The number of methoxy groups -OCH3 is 1. The summed E-state index contributed by atoms with van der Waals surface area (Å²) in [5.41, 5.74) is 4.90. The van der Waals surface area contributed by atoms with Gasteiger partial charge >= 0.3 is 0 Å². The lowest BCUT2D eigenvalue weighted by molar-refractivity contribution is 0.414. The maximum atomic E-state index is 5.15. The van der Waals surface area contributed by atoms with Crippen LogP contribution in [0.1, 0.15) is 26.3 Å².